The number of halogens is 1. The largest absolute Gasteiger partial charge is 0.353 e. The van der Waals surface area contributed by atoms with Gasteiger partial charge in [-0.3, -0.25) is 9.59 Å². The van der Waals surface area contributed by atoms with Crippen LogP contribution in [0.25, 0.3) is 0 Å². The molecule has 114 valence electrons. The van der Waals surface area contributed by atoms with E-state index < -0.39 is 0 Å². The lowest BCUT2D eigenvalue weighted by atomic mass is 10.2. The lowest BCUT2D eigenvalue weighted by Gasteiger charge is -2.35. The van der Waals surface area contributed by atoms with Crippen LogP contribution >= 0.6 is 11.6 Å². The molecular formula is C15H15ClN4O2. The number of piperazine rings is 1. The summed E-state index contributed by atoms with van der Waals surface area (Å²) in [6.07, 6.45) is 3.13. The number of amides is 1. The number of aromatic amines is 1. The molecule has 0 bridgehead atoms. The van der Waals surface area contributed by atoms with Gasteiger partial charge < -0.3 is 14.8 Å². The molecule has 1 N–H and O–H groups in total. The zero-order chi connectivity index (χ0) is 15.5. The van der Waals surface area contributed by atoms with Gasteiger partial charge in [-0.1, -0.05) is 11.6 Å². The molecule has 2 aromatic heterocycles. The Bertz CT molecular complexity index is 721. The van der Waals surface area contributed by atoms with E-state index >= 15 is 0 Å². The maximum absolute atomic E-state index is 12.4. The number of carbonyl (C=O) groups is 1. The predicted octanol–water partition coefficient (Wildman–Crippen LogP) is 1.39. The van der Waals surface area contributed by atoms with Crippen molar-refractivity contribution in [3.63, 3.8) is 0 Å². The molecule has 7 heteroatoms. The Balaban J connectivity index is 1.67. The van der Waals surface area contributed by atoms with Gasteiger partial charge in [0.05, 0.1) is 5.02 Å². The third kappa shape index (κ3) is 2.96. The zero-order valence-corrected chi connectivity index (χ0v) is 12.6. The molecular weight excluding hydrogens is 304 g/mol. The minimum absolute atomic E-state index is 0.181. The molecule has 0 unspecified atom stereocenters. The van der Waals surface area contributed by atoms with Gasteiger partial charge in [-0.15, -0.1) is 0 Å². The van der Waals surface area contributed by atoms with Gasteiger partial charge in [-0.05, 0) is 24.3 Å². The molecule has 1 fully saturated rings. The Labute approximate surface area is 132 Å². The van der Waals surface area contributed by atoms with Crippen molar-refractivity contribution >= 4 is 23.3 Å². The first-order valence-electron chi connectivity index (χ1n) is 6.98. The van der Waals surface area contributed by atoms with Crippen LogP contribution in [0.15, 0.2) is 41.5 Å². The first-order valence-corrected chi connectivity index (χ1v) is 7.36. The number of rotatable bonds is 2. The summed E-state index contributed by atoms with van der Waals surface area (Å²) in [4.78, 5) is 34.6. The number of hydrogen-bond acceptors (Lipinski definition) is 4. The van der Waals surface area contributed by atoms with Gasteiger partial charge in [0.15, 0.2) is 0 Å². The average Bonchev–Trinajstić information content (AvgIpc) is 2.56. The summed E-state index contributed by atoms with van der Waals surface area (Å²) in [5.74, 6) is 0.611. The lowest BCUT2D eigenvalue weighted by molar-refractivity contribution is 0.0744. The first kappa shape index (κ1) is 14.6. The van der Waals surface area contributed by atoms with Crippen LogP contribution in [0.1, 0.15) is 10.4 Å². The summed E-state index contributed by atoms with van der Waals surface area (Å²) in [6, 6.07) is 6.86. The number of anilines is 1. The lowest BCUT2D eigenvalue weighted by Crippen LogP contribution is -2.49. The molecule has 0 saturated carbocycles. The van der Waals surface area contributed by atoms with E-state index in [1.165, 1.54) is 6.20 Å². The highest BCUT2D eigenvalue weighted by Gasteiger charge is 2.24. The summed E-state index contributed by atoms with van der Waals surface area (Å²) in [5, 5.41) is 0.598. The number of aromatic nitrogens is 2. The van der Waals surface area contributed by atoms with Gasteiger partial charge in [0, 0.05) is 38.6 Å². The smallest absolute Gasteiger partial charge is 0.260 e. The molecule has 0 radical (unpaired) electrons. The monoisotopic (exact) mass is 318 g/mol. The minimum atomic E-state index is -0.353. The van der Waals surface area contributed by atoms with E-state index in [4.69, 9.17) is 11.6 Å². The van der Waals surface area contributed by atoms with Crippen molar-refractivity contribution in [1.82, 2.24) is 14.9 Å². The Hall–Kier alpha value is -2.34. The zero-order valence-electron chi connectivity index (χ0n) is 11.8. The predicted molar refractivity (Wildman–Crippen MR) is 84.4 cm³/mol. The Morgan fingerprint density at radius 1 is 1.18 bits per heavy atom. The number of H-pyrrole nitrogens is 1. The summed E-state index contributed by atoms with van der Waals surface area (Å²) in [5.41, 5.74) is -0.171. The molecule has 3 heterocycles. The van der Waals surface area contributed by atoms with Crippen LogP contribution < -0.4 is 10.5 Å². The highest BCUT2D eigenvalue weighted by Crippen LogP contribution is 2.16. The molecule has 6 nitrogen and oxygen atoms in total. The fourth-order valence-corrected chi connectivity index (χ4v) is 2.57. The molecule has 0 aliphatic carbocycles. The third-order valence-corrected chi connectivity index (χ3v) is 3.87. The first-order chi connectivity index (χ1) is 10.6. The van der Waals surface area contributed by atoms with Crippen molar-refractivity contribution in [3.05, 3.63) is 57.6 Å². The normalized spacial score (nSPS) is 15.0. The van der Waals surface area contributed by atoms with Crippen LogP contribution in [0.2, 0.25) is 5.02 Å². The molecule has 1 saturated heterocycles. The SMILES string of the molecule is O=C(c1ccc[nH]c1=O)N1CCN(c2ccc(Cl)cn2)CC1. The van der Waals surface area contributed by atoms with Crippen molar-refractivity contribution in [2.75, 3.05) is 31.1 Å². The number of carbonyl (C=O) groups excluding carboxylic acids is 1. The number of nitrogens with zero attached hydrogens (tertiary/aromatic N) is 3. The maximum atomic E-state index is 12.4. The molecule has 0 atom stereocenters. The van der Waals surface area contributed by atoms with E-state index in [1.54, 1.807) is 29.3 Å². The van der Waals surface area contributed by atoms with Crippen molar-refractivity contribution in [3.8, 4) is 0 Å². The summed E-state index contributed by atoms with van der Waals surface area (Å²) < 4.78 is 0. The van der Waals surface area contributed by atoms with Crippen molar-refractivity contribution in [2.24, 2.45) is 0 Å². The standard InChI is InChI=1S/C15H15ClN4O2/c16-11-3-4-13(18-10-11)19-6-8-20(9-7-19)15(22)12-2-1-5-17-14(12)21/h1-5,10H,6-9H2,(H,17,21). The molecule has 2 aromatic rings. The van der Waals surface area contributed by atoms with E-state index in [-0.39, 0.29) is 17.0 Å². The fourth-order valence-electron chi connectivity index (χ4n) is 2.45. The average molecular weight is 319 g/mol. The summed E-state index contributed by atoms with van der Waals surface area (Å²) in [7, 11) is 0. The van der Waals surface area contributed by atoms with E-state index in [9.17, 15) is 9.59 Å². The Morgan fingerprint density at radius 2 is 1.95 bits per heavy atom. The van der Waals surface area contributed by atoms with E-state index in [1.807, 2.05) is 6.07 Å². The van der Waals surface area contributed by atoms with Crippen LogP contribution in [0.3, 0.4) is 0 Å². The van der Waals surface area contributed by atoms with Crippen molar-refractivity contribution in [1.29, 1.82) is 0 Å². The second kappa shape index (κ2) is 6.19. The number of nitrogens with one attached hydrogen (secondary N) is 1. The van der Waals surface area contributed by atoms with Crippen LogP contribution in [-0.2, 0) is 0 Å². The third-order valence-electron chi connectivity index (χ3n) is 3.65. The Kier molecular flexibility index (Phi) is 4.11. The van der Waals surface area contributed by atoms with Crippen LogP contribution in [0.5, 0.6) is 0 Å². The van der Waals surface area contributed by atoms with Crippen LogP contribution in [-0.4, -0.2) is 47.0 Å². The van der Waals surface area contributed by atoms with Crippen molar-refractivity contribution in [2.45, 2.75) is 0 Å². The van der Waals surface area contributed by atoms with Gasteiger partial charge in [0.2, 0.25) is 0 Å². The molecule has 1 aliphatic heterocycles. The summed E-state index contributed by atoms with van der Waals surface area (Å²) in [6.45, 7) is 2.45. The molecule has 0 spiro atoms. The maximum Gasteiger partial charge on any atom is 0.260 e. The van der Waals surface area contributed by atoms with Crippen molar-refractivity contribution < 1.29 is 4.79 Å². The van der Waals surface area contributed by atoms with Crippen LogP contribution in [0.4, 0.5) is 5.82 Å². The van der Waals surface area contributed by atoms with E-state index in [2.05, 4.69) is 14.9 Å². The second-order valence-electron chi connectivity index (χ2n) is 5.03. The highest BCUT2D eigenvalue weighted by molar-refractivity contribution is 6.30. The van der Waals surface area contributed by atoms with Gasteiger partial charge in [0.25, 0.3) is 11.5 Å². The molecule has 1 amide bonds. The van der Waals surface area contributed by atoms with Gasteiger partial charge in [-0.2, -0.15) is 0 Å². The van der Waals surface area contributed by atoms with E-state index in [0.717, 1.165) is 5.82 Å². The van der Waals surface area contributed by atoms with Gasteiger partial charge >= 0.3 is 0 Å². The molecule has 1 aliphatic rings. The minimum Gasteiger partial charge on any atom is -0.353 e. The van der Waals surface area contributed by atoms with Crippen LogP contribution in [0, 0.1) is 0 Å². The topological polar surface area (TPSA) is 69.3 Å². The number of hydrogen-bond donors (Lipinski definition) is 1. The summed E-state index contributed by atoms with van der Waals surface area (Å²) >= 11 is 5.83. The number of pyridine rings is 2. The fraction of sp³-hybridized carbons (Fsp3) is 0.267. The van der Waals surface area contributed by atoms with Gasteiger partial charge in [0.1, 0.15) is 11.4 Å². The van der Waals surface area contributed by atoms with E-state index in [0.29, 0.717) is 31.2 Å². The Morgan fingerprint density at radius 3 is 2.59 bits per heavy atom. The highest BCUT2D eigenvalue weighted by atomic mass is 35.5. The molecule has 0 aromatic carbocycles. The molecule has 3 rings (SSSR count). The van der Waals surface area contributed by atoms with Gasteiger partial charge in [-0.25, -0.2) is 4.98 Å². The second-order valence-corrected chi connectivity index (χ2v) is 5.46. The molecule has 22 heavy (non-hydrogen) atoms. The quantitative estimate of drug-likeness (QED) is 0.908.